The number of anilines is 1. The monoisotopic (exact) mass is 236 g/mol. The molecule has 0 aliphatic rings. The molecular formula is C14H24N2O. The van der Waals surface area contributed by atoms with Crippen molar-refractivity contribution in [2.24, 2.45) is 5.92 Å². The fourth-order valence-electron chi connectivity index (χ4n) is 1.83. The van der Waals surface area contributed by atoms with Crippen molar-refractivity contribution in [3.05, 3.63) is 24.0 Å². The maximum absolute atomic E-state index is 5.78. The Morgan fingerprint density at radius 2 is 2.12 bits per heavy atom. The van der Waals surface area contributed by atoms with Crippen LogP contribution in [0.25, 0.3) is 0 Å². The lowest BCUT2D eigenvalue weighted by Crippen LogP contribution is -2.11. The van der Waals surface area contributed by atoms with Crippen LogP contribution >= 0.6 is 0 Å². The quantitative estimate of drug-likeness (QED) is 0.787. The molecule has 1 aromatic rings. The normalized spacial score (nSPS) is 12.8. The van der Waals surface area contributed by atoms with Crippen molar-refractivity contribution in [3.63, 3.8) is 0 Å². The molecule has 0 spiro atoms. The largest absolute Gasteiger partial charge is 0.385 e. The molecule has 17 heavy (non-hydrogen) atoms. The molecule has 0 bridgehead atoms. The zero-order valence-electron chi connectivity index (χ0n) is 11.4. The predicted octanol–water partition coefficient (Wildman–Crippen LogP) is 3.46. The van der Waals surface area contributed by atoms with Crippen molar-refractivity contribution >= 4 is 5.69 Å². The first kappa shape index (κ1) is 14.0. The molecule has 0 aliphatic carbocycles. The minimum atomic E-state index is 0.291. The van der Waals surface area contributed by atoms with Crippen LogP contribution in [0.15, 0.2) is 18.3 Å². The summed E-state index contributed by atoms with van der Waals surface area (Å²) < 4.78 is 5.78. The van der Waals surface area contributed by atoms with Gasteiger partial charge in [-0.25, -0.2) is 0 Å². The molecule has 0 saturated carbocycles. The molecule has 0 amide bonds. The fourth-order valence-corrected chi connectivity index (χ4v) is 1.83. The Morgan fingerprint density at radius 1 is 1.35 bits per heavy atom. The summed E-state index contributed by atoms with van der Waals surface area (Å²) in [7, 11) is 0. The Kier molecular flexibility index (Phi) is 5.98. The van der Waals surface area contributed by atoms with Gasteiger partial charge in [0.1, 0.15) is 0 Å². The minimum absolute atomic E-state index is 0.291. The Morgan fingerprint density at radius 3 is 2.76 bits per heavy atom. The summed E-state index contributed by atoms with van der Waals surface area (Å²) in [5.41, 5.74) is 2.09. The van der Waals surface area contributed by atoms with Crippen molar-refractivity contribution < 1.29 is 4.74 Å². The highest BCUT2D eigenvalue weighted by Gasteiger charge is 2.06. The van der Waals surface area contributed by atoms with Crippen LogP contribution in [0.5, 0.6) is 0 Å². The summed E-state index contributed by atoms with van der Waals surface area (Å²) in [6.07, 6.45) is 3.20. The van der Waals surface area contributed by atoms with Gasteiger partial charge in [0.15, 0.2) is 0 Å². The van der Waals surface area contributed by atoms with E-state index >= 15 is 0 Å². The smallest absolute Gasteiger partial charge is 0.0892 e. The first-order valence-electron chi connectivity index (χ1n) is 6.42. The lowest BCUT2D eigenvalue weighted by Gasteiger charge is -2.15. The van der Waals surface area contributed by atoms with Gasteiger partial charge >= 0.3 is 0 Å². The van der Waals surface area contributed by atoms with E-state index in [0.29, 0.717) is 18.6 Å². The molecule has 1 N–H and O–H groups in total. The zero-order valence-corrected chi connectivity index (χ0v) is 11.4. The molecule has 1 rings (SSSR count). The highest BCUT2D eigenvalue weighted by atomic mass is 16.5. The molecule has 1 aromatic heterocycles. The van der Waals surface area contributed by atoms with E-state index < -0.39 is 0 Å². The Labute approximate surface area is 105 Å². The molecule has 96 valence electrons. The Hall–Kier alpha value is -1.09. The van der Waals surface area contributed by atoms with E-state index in [9.17, 15) is 0 Å². The summed E-state index contributed by atoms with van der Waals surface area (Å²) in [6, 6.07) is 4.02. The van der Waals surface area contributed by atoms with E-state index in [-0.39, 0.29) is 0 Å². The topological polar surface area (TPSA) is 34.2 Å². The van der Waals surface area contributed by atoms with Gasteiger partial charge in [-0.3, -0.25) is 4.98 Å². The second-order valence-electron chi connectivity index (χ2n) is 4.82. The minimum Gasteiger partial charge on any atom is -0.385 e. The third-order valence-corrected chi connectivity index (χ3v) is 2.52. The predicted molar refractivity (Wildman–Crippen MR) is 72.1 cm³/mol. The van der Waals surface area contributed by atoms with Crippen molar-refractivity contribution in [1.29, 1.82) is 0 Å². The van der Waals surface area contributed by atoms with Gasteiger partial charge in [-0.2, -0.15) is 0 Å². The molecule has 0 aliphatic heterocycles. The first-order valence-corrected chi connectivity index (χ1v) is 6.42. The van der Waals surface area contributed by atoms with Crippen molar-refractivity contribution in [1.82, 2.24) is 4.98 Å². The number of rotatable bonds is 7. The molecule has 1 unspecified atom stereocenters. The van der Waals surface area contributed by atoms with Crippen LogP contribution in [0.2, 0.25) is 0 Å². The Balaban J connectivity index is 2.43. The van der Waals surface area contributed by atoms with Gasteiger partial charge < -0.3 is 10.1 Å². The molecule has 3 heteroatoms. The second-order valence-corrected chi connectivity index (χ2v) is 4.82. The molecule has 0 aromatic carbocycles. The number of hydrogen-bond acceptors (Lipinski definition) is 3. The zero-order chi connectivity index (χ0) is 12.7. The average Bonchev–Trinajstić information content (AvgIpc) is 2.26. The van der Waals surface area contributed by atoms with Gasteiger partial charge in [-0.05, 0) is 38.3 Å². The number of nitrogens with one attached hydrogen (secondary N) is 1. The number of aromatic nitrogens is 1. The maximum Gasteiger partial charge on any atom is 0.0892 e. The second kappa shape index (κ2) is 7.28. The van der Waals surface area contributed by atoms with Crippen molar-refractivity contribution in [2.45, 2.75) is 46.8 Å². The van der Waals surface area contributed by atoms with E-state index in [1.807, 2.05) is 18.3 Å². The van der Waals surface area contributed by atoms with Gasteiger partial charge in [0.25, 0.3) is 0 Å². The molecule has 1 heterocycles. The van der Waals surface area contributed by atoms with E-state index in [0.717, 1.165) is 24.3 Å². The lowest BCUT2D eigenvalue weighted by molar-refractivity contribution is 0.0379. The van der Waals surface area contributed by atoms with Crippen LogP contribution in [0.4, 0.5) is 5.69 Å². The molecule has 3 nitrogen and oxygen atoms in total. The van der Waals surface area contributed by atoms with Gasteiger partial charge in [0, 0.05) is 18.4 Å². The molecule has 0 fully saturated rings. The number of nitrogens with zero attached hydrogens (tertiary/aromatic N) is 1. The molecule has 1 atom stereocenters. The highest BCUT2D eigenvalue weighted by Crippen LogP contribution is 2.12. The van der Waals surface area contributed by atoms with Gasteiger partial charge in [0.05, 0.1) is 18.4 Å². The van der Waals surface area contributed by atoms with Crippen LogP contribution in [-0.4, -0.2) is 17.6 Å². The standard InChI is InChI=1S/C14H24N2O/c1-5-15-13-6-7-16-14(9-13)10-17-12(4)8-11(2)3/h6-7,9,11-12H,5,8,10H2,1-4H3,(H,15,16). The van der Waals surface area contributed by atoms with Gasteiger partial charge in [0.2, 0.25) is 0 Å². The Bertz CT molecular complexity index is 326. The maximum atomic E-state index is 5.78. The summed E-state index contributed by atoms with van der Waals surface area (Å²) in [5, 5.41) is 3.27. The molecule has 0 saturated heterocycles. The fraction of sp³-hybridized carbons (Fsp3) is 0.643. The van der Waals surface area contributed by atoms with E-state index in [1.165, 1.54) is 0 Å². The number of pyridine rings is 1. The van der Waals surface area contributed by atoms with Crippen LogP contribution < -0.4 is 5.32 Å². The van der Waals surface area contributed by atoms with E-state index in [4.69, 9.17) is 4.74 Å². The first-order chi connectivity index (χ1) is 8.11. The number of ether oxygens (including phenoxy) is 1. The van der Waals surface area contributed by atoms with Crippen LogP contribution in [0, 0.1) is 5.92 Å². The van der Waals surface area contributed by atoms with Crippen LogP contribution in [0.3, 0.4) is 0 Å². The van der Waals surface area contributed by atoms with Crippen molar-refractivity contribution in [3.8, 4) is 0 Å². The van der Waals surface area contributed by atoms with Gasteiger partial charge in [-0.1, -0.05) is 13.8 Å². The highest BCUT2D eigenvalue weighted by molar-refractivity contribution is 5.42. The third kappa shape index (κ3) is 5.68. The van der Waals surface area contributed by atoms with Crippen LogP contribution in [0.1, 0.15) is 39.8 Å². The van der Waals surface area contributed by atoms with Crippen LogP contribution in [-0.2, 0) is 11.3 Å². The average molecular weight is 236 g/mol. The van der Waals surface area contributed by atoms with E-state index in [1.54, 1.807) is 0 Å². The molecular weight excluding hydrogens is 212 g/mol. The molecule has 0 radical (unpaired) electrons. The van der Waals surface area contributed by atoms with E-state index in [2.05, 4.69) is 38.0 Å². The summed E-state index contributed by atoms with van der Waals surface area (Å²) in [5.74, 6) is 0.672. The van der Waals surface area contributed by atoms with Gasteiger partial charge in [-0.15, -0.1) is 0 Å². The summed E-state index contributed by atoms with van der Waals surface area (Å²) in [4.78, 5) is 4.31. The number of hydrogen-bond donors (Lipinski definition) is 1. The lowest BCUT2D eigenvalue weighted by atomic mass is 10.1. The summed E-state index contributed by atoms with van der Waals surface area (Å²) >= 11 is 0. The van der Waals surface area contributed by atoms with Crippen molar-refractivity contribution in [2.75, 3.05) is 11.9 Å². The third-order valence-electron chi connectivity index (χ3n) is 2.52. The SMILES string of the molecule is CCNc1ccnc(COC(C)CC(C)C)c1. The summed E-state index contributed by atoms with van der Waals surface area (Å²) in [6.45, 7) is 10.1.